The summed E-state index contributed by atoms with van der Waals surface area (Å²) in [5, 5.41) is 3.90. The molecule has 0 aliphatic rings. The SMILES string of the molecule is Cn1nc(-c2ccccc2)c(Br)c1C(F)(F)F. The molecule has 0 aliphatic heterocycles. The maximum atomic E-state index is 12.7. The summed E-state index contributed by atoms with van der Waals surface area (Å²) in [4.78, 5) is 0. The van der Waals surface area contributed by atoms with Gasteiger partial charge in [0.1, 0.15) is 5.69 Å². The Bertz CT molecular complexity index is 532. The fourth-order valence-corrected chi connectivity index (χ4v) is 2.38. The summed E-state index contributed by atoms with van der Waals surface area (Å²) in [6, 6.07) is 8.74. The first-order valence-corrected chi connectivity index (χ1v) is 5.55. The van der Waals surface area contributed by atoms with E-state index in [4.69, 9.17) is 0 Å². The number of hydrogen-bond donors (Lipinski definition) is 0. The molecule has 0 spiro atoms. The van der Waals surface area contributed by atoms with Crippen molar-refractivity contribution in [3.63, 3.8) is 0 Å². The molecule has 0 fully saturated rings. The highest BCUT2D eigenvalue weighted by molar-refractivity contribution is 9.10. The first-order chi connectivity index (χ1) is 7.91. The molecular formula is C11H8BrF3N2. The Morgan fingerprint density at radius 3 is 2.24 bits per heavy atom. The second-order valence-corrected chi connectivity index (χ2v) is 4.29. The quantitative estimate of drug-likeness (QED) is 0.782. The van der Waals surface area contributed by atoms with Crippen LogP contribution in [0.5, 0.6) is 0 Å². The van der Waals surface area contributed by atoms with E-state index in [9.17, 15) is 13.2 Å². The van der Waals surface area contributed by atoms with Crippen LogP contribution in [0, 0.1) is 0 Å². The van der Waals surface area contributed by atoms with Gasteiger partial charge in [0.25, 0.3) is 0 Å². The molecule has 90 valence electrons. The van der Waals surface area contributed by atoms with Crippen LogP contribution in [0.3, 0.4) is 0 Å². The van der Waals surface area contributed by atoms with Gasteiger partial charge in [-0.3, -0.25) is 4.68 Å². The van der Waals surface area contributed by atoms with Gasteiger partial charge in [0, 0.05) is 12.6 Å². The number of halogens is 4. The van der Waals surface area contributed by atoms with Crippen molar-refractivity contribution < 1.29 is 13.2 Å². The van der Waals surface area contributed by atoms with Crippen molar-refractivity contribution in [1.29, 1.82) is 0 Å². The lowest BCUT2D eigenvalue weighted by atomic mass is 10.1. The monoisotopic (exact) mass is 304 g/mol. The minimum Gasteiger partial charge on any atom is -0.262 e. The van der Waals surface area contributed by atoms with Crippen molar-refractivity contribution in [3.05, 3.63) is 40.5 Å². The normalized spacial score (nSPS) is 11.8. The smallest absolute Gasteiger partial charge is 0.262 e. The lowest BCUT2D eigenvalue weighted by molar-refractivity contribution is -0.144. The summed E-state index contributed by atoms with van der Waals surface area (Å²) in [7, 11) is 1.28. The summed E-state index contributed by atoms with van der Waals surface area (Å²) in [6.07, 6.45) is -4.42. The molecule has 1 aromatic heterocycles. The number of rotatable bonds is 1. The van der Waals surface area contributed by atoms with E-state index in [2.05, 4.69) is 21.0 Å². The number of benzene rings is 1. The number of alkyl halides is 3. The topological polar surface area (TPSA) is 17.8 Å². The van der Waals surface area contributed by atoms with Crippen molar-refractivity contribution in [2.75, 3.05) is 0 Å². The Kier molecular flexibility index (Phi) is 2.99. The molecule has 0 atom stereocenters. The van der Waals surface area contributed by atoms with Gasteiger partial charge in [-0.15, -0.1) is 0 Å². The van der Waals surface area contributed by atoms with Crippen LogP contribution in [-0.4, -0.2) is 9.78 Å². The number of aromatic nitrogens is 2. The van der Waals surface area contributed by atoms with E-state index < -0.39 is 11.9 Å². The molecule has 0 saturated carbocycles. The standard InChI is InChI=1S/C11H8BrF3N2/c1-17-10(11(13,14)15)8(12)9(16-17)7-5-3-2-4-6-7/h2-6H,1H3. The Morgan fingerprint density at radius 2 is 1.76 bits per heavy atom. The first-order valence-electron chi connectivity index (χ1n) is 4.76. The predicted molar refractivity (Wildman–Crippen MR) is 61.3 cm³/mol. The van der Waals surface area contributed by atoms with Crippen LogP contribution in [0.4, 0.5) is 13.2 Å². The van der Waals surface area contributed by atoms with Crippen molar-refractivity contribution in [2.24, 2.45) is 7.05 Å². The molecule has 0 radical (unpaired) electrons. The Hall–Kier alpha value is -1.30. The minimum atomic E-state index is -4.42. The van der Waals surface area contributed by atoms with Gasteiger partial charge in [0.05, 0.1) is 4.47 Å². The molecule has 2 aromatic rings. The third kappa shape index (κ3) is 2.22. The van der Waals surface area contributed by atoms with Crippen molar-refractivity contribution in [2.45, 2.75) is 6.18 Å². The lowest BCUT2D eigenvalue weighted by Gasteiger charge is -2.06. The maximum Gasteiger partial charge on any atom is 0.434 e. The molecule has 6 heteroatoms. The van der Waals surface area contributed by atoms with Crippen LogP contribution in [0.2, 0.25) is 0 Å². The molecule has 1 heterocycles. The van der Waals surface area contributed by atoms with Gasteiger partial charge in [-0.2, -0.15) is 18.3 Å². The lowest BCUT2D eigenvalue weighted by Crippen LogP contribution is -2.12. The molecule has 0 aliphatic carbocycles. The second-order valence-electron chi connectivity index (χ2n) is 3.50. The number of hydrogen-bond acceptors (Lipinski definition) is 1. The summed E-state index contributed by atoms with van der Waals surface area (Å²) < 4.78 is 39.1. The molecule has 0 amide bonds. The molecule has 0 saturated heterocycles. The van der Waals surface area contributed by atoms with Gasteiger partial charge in [-0.05, 0) is 15.9 Å². The molecular weight excluding hydrogens is 297 g/mol. The van der Waals surface area contributed by atoms with E-state index in [0.717, 1.165) is 4.68 Å². The van der Waals surface area contributed by atoms with E-state index in [-0.39, 0.29) is 4.47 Å². The molecule has 2 rings (SSSR count). The van der Waals surface area contributed by atoms with E-state index in [1.165, 1.54) is 7.05 Å². The fourth-order valence-electron chi connectivity index (χ4n) is 1.59. The molecule has 0 N–H and O–H groups in total. The maximum absolute atomic E-state index is 12.7. The summed E-state index contributed by atoms with van der Waals surface area (Å²) in [6.45, 7) is 0. The van der Waals surface area contributed by atoms with Gasteiger partial charge < -0.3 is 0 Å². The predicted octanol–water partition coefficient (Wildman–Crippen LogP) is 3.87. The fraction of sp³-hybridized carbons (Fsp3) is 0.182. The van der Waals surface area contributed by atoms with Crippen LogP contribution in [0.25, 0.3) is 11.3 Å². The van der Waals surface area contributed by atoms with Crippen LogP contribution < -0.4 is 0 Å². The van der Waals surface area contributed by atoms with Crippen LogP contribution in [0.1, 0.15) is 5.69 Å². The van der Waals surface area contributed by atoms with E-state index in [1.807, 2.05) is 0 Å². The number of aryl methyl sites for hydroxylation is 1. The highest BCUT2D eigenvalue weighted by atomic mass is 79.9. The zero-order valence-electron chi connectivity index (χ0n) is 8.79. The first kappa shape index (κ1) is 12.2. The van der Waals surface area contributed by atoms with Crippen LogP contribution in [0.15, 0.2) is 34.8 Å². The summed E-state index contributed by atoms with van der Waals surface area (Å²) in [5.41, 5.74) is 0.155. The zero-order chi connectivity index (χ0) is 12.6. The van der Waals surface area contributed by atoms with Crippen molar-refractivity contribution >= 4 is 15.9 Å². The van der Waals surface area contributed by atoms with Gasteiger partial charge in [0.15, 0.2) is 5.69 Å². The zero-order valence-corrected chi connectivity index (χ0v) is 10.4. The van der Waals surface area contributed by atoms with Crippen LogP contribution >= 0.6 is 15.9 Å². The van der Waals surface area contributed by atoms with Crippen LogP contribution in [-0.2, 0) is 13.2 Å². The Balaban J connectivity index is 2.60. The van der Waals surface area contributed by atoms with Gasteiger partial charge >= 0.3 is 6.18 Å². The largest absolute Gasteiger partial charge is 0.434 e. The van der Waals surface area contributed by atoms with Gasteiger partial charge in [-0.1, -0.05) is 30.3 Å². The van der Waals surface area contributed by atoms with Crippen molar-refractivity contribution in [1.82, 2.24) is 9.78 Å². The molecule has 17 heavy (non-hydrogen) atoms. The van der Waals surface area contributed by atoms with Gasteiger partial charge in [-0.25, -0.2) is 0 Å². The average molecular weight is 305 g/mol. The third-order valence-corrected chi connectivity index (χ3v) is 3.06. The van der Waals surface area contributed by atoms with Gasteiger partial charge in [0.2, 0.25) is 0 Å². The molecule has 2 nitrogen and oxygen atoms in total. The third-order valence-electron chi connectivity index (χ3n) is 2.31. The summed E-state index contributed by atoms with van der Waals surface area (Å²) >= 11 is 2.97. The number of nitrogens with zero attached hydrogens (tertiary/aromatic N) is 2. The summed E-state index contributed by atoms with van der Waals surface area (Å²) in [5.74, 6) is 0. The van der Waals surface area contributed by atoms with E-state index in [0.29, 0.717) is 11.3 Å². The average Bonchev–Trinajstić information content (AvgIpc) is 2.54. The highest BCUT2D eigenvalue weighted by Gasteiger charge is 2.38. The molecule has 0 bridgehead atoms. The minimum absolute atomic E-state index is 0.0290. The molecule has 1 aromatic carbocycles. The second kappa shape index (κ2) is 4.18. The van der Waals surface area contributed by atoms with E-state index in [1.54, 1.807) is 30.3 Å². The Morgan fingerprint density at radius 1 is 1.18 bits per heavy atom. The molecule has 0 unspecified atom stereocenters. The highest BCUT2D eigenvalue weighted by Crippen LogP contribution is 2.39. The Labute approximate surface area is 104 Å². The van der Waals surface area contributed by atoms with E-state index >= 15 is 0 Å². The van der Waals surface area contributed by atoms with Crippen molar-refractivity contribution in [3.8, 4) is 11.3 Å².